The number of nitrogen functional groups attached to an aromatic ring is 1. The second-order valence-electron chi connectivity index (χ2n) is 4.25. The lowest BCUT2D eigenvalue weighted by atomic mass is 10.2. The maximum Gasteiger partial charge on any atom is 0.274 e. The number of anilines is 2. The number of aryl methyl sites for hydroxylation is 1. The summed E-state index contributed by atoms with van der Waals surface area (Å²) in [5.41, 5.74) is 5.87. The van der Waals surface area contributed by atoms with Crippen LogP contribution in [0.25, 0.3) is 0 Å². The van der Waals surface area contributed by atoms with E-state index in [0.29, 0.717) is 5.56 Å². The van der Waals surface area contributed by atoms with Crippen molar-refractivity contribution in [1.82, 2.24) is 4.98 Å². The van der Waals surface area contributed by atoms with E-state index in [2.05, 4.69) is 9.71 Å². The van der Waals surface area contributed by atoms with E-state index in [9.17, 15) is 18.5 Å². The van der Waals surface area contributed by atoms with Gasteiger partial charge in [0.2, 0.25) is 0 Å². The molecule has 1 heterocycles. The monoisotopic (exact) mass is 308 g/mol. The second kappa shape index (κ2) is 5.37. The Labute approximate surface area is 120 Å². The molecule has 0 aliphatic heterocycles. The SMILES string of the molecule is Cc1ccc(NS(=O)(=O)c2cccnc2N)cc1[N+](=O)[O-]. The van der Waals surface area contributed by atoms with Crippen molar-refractivity contribution >= 4 is 27.2 Å². The third kappa shape index (κ3) is 3.08. The Morgan fingerprint density at radius 1 is 1.33 bits per heavy atom. The van der Waals surface area contributed by atoms with Gasteiger partial charge in [0.1, 0.15) is 10.7 Å². The van der Waals surface area contributed by atoms with E-state index < -0.39 is 14.9 Å². The molecule has 110 valence electrons. The highest BCUT2D eigenvalue weighted by molar-refractivity contribution is 7.92. The number of sulfonamides is 1. The molecule has 0 unspecified atom stereocenters. The number of nitro benzene ring substituents is 1. The first kappa shape index (κ1) is 14.7. The highest BCUT2D eigenvalue weighted by atomic mass is 32.2. The third-order valence-electron chi connectivity index (χ3n) is 2.75. The van der Waals surface area contributed by atoms with E-state index in [1.807, 2.05) is 0 Å². The number of nitro groups is 1. The van der Waals surface area contributed by atoms with Gasteiger partial charge in [-0.1, -0.05) is 6.07 Å². The van der Waals surface area contributed by atoms with Gasteiger partial charge in [0.05, 0.1) is 10.6 Å². The fourth-order valence-electron chi connectivity index (χ4n) is 1.71. The molecular formula is C12H12N4O4S. The normalized spacial score (nSPS) is 11.1. The number of hydrogen-bond acceptors (Lipinski definition) is 6. The minimum absolute atomic E-state index is 0.0792. The third-order valence-corrected chi connectivity index (χ3v) is 4.18. The first-order valence-electron chi connectivity index (χ1n) is 5.79. The predicted octanol–water partition coefficient (Wildman–Crippen LogP) is 1.68. The van der Waals surface area contributed by atoms with Crippen molar-refractivity contribution in [2.24, 2.45) is 0 Å². The molecule has 9 heteroatoms. The second-order valence-corrected chi connectivity index (χ2v) is 5.90. The van der Waals surface area contributed by atoms with E-state index in [-0.39, 0.29) is 22.1 Å². The van der Waals surface area contributed by atoms with Gasteiger partial charge in [0.15, 0.2) is 0 Å². The molecule has 0 spiro atoms. The van der Waals surface area contributed by atoms with Crippen LogP contribution in [0.1, 0.15) is 5.56 Å². The van der Waals surface area contributed by atoms with Gasteiger partial charge >= 0.3 is 0 Å². The maximum atomic E-state index is 12.2. The Kier molecular flexibility index (Phi) is 3.76. The number of pyridine rings is 1. The topological polar surface area (TPSA) is 128 Å². The lowest BCUT2D eigenvalue weighted by molar-refractivity contribution is -0.385. The maximum absolute atomic E-state index is 12.2. The van der Waals surface area contributed by atoms with Gasteiger partial charge in [0.25, 0.3) is 15.7 Å². The minimum Gasteiger partial charge on any atom is -0.383 e. The molecule has 0 saturated carbocycles. The van der Waals surface area contributed by atoms with Crippen LogP contribution < -0.4 is 10.5 Å². The fraction of sp³-hybridized carbons (Fsp3) is 0.0833. The van der Waals surface area contributed by atoms with Crippen LogP contribution in [-0.2, 0) is 10.0 Å². The van der Waals surface area contributed by atoms with Gasteiger partial charge in [-0.3, -0.25) is 14.8 Å². The van der Waals surface area contributed by atoms with Crippen molar-refractivity contribution in [2.45, 2.75) is 11.8 Å². The van der Waals surface area contributed by atoms with Crippen LogP contribution in [0.3, 0.4) is 0 Å². The van der Waals surface area contributed by atoms with E-state index in [1.54, 1.807) is 6.92 Å². The molecular weight excluding hydrogens is 296 g/mol. The fourth-order valence-corrected chi connectivity index (χ4v) is 2.84. The molecule has 1 aromatic heterocycles. The van der Waals surface area contributed by atoms with Crippen molar-refractivity contribution in [3.63, 3.8) is 0 Å². The number of nitrogens with two attached hydrogens (primary N) is 1. The van der Waals surface area contributed by atoms with Crippen molar-refractivity contribution in [3.8, 4) is 0 Å². The van der Waals surface area contributed by atoms with Crippen molar-refractivity contribution in [2.75, 3.05) is 10.5 Å². The zero-order chi connectivity index (χ0) is 15.6. The Morgan fingerprint density at radius 3 is 2.67 bits per heavy atom. The quantitative estimate of drug-likeness (QED) is 0.653. The summed E-state index contributed by atoms with van der Waals surface area (Å²) in [6.45, 7) is 1.56. The molecule has 2 aromatic rings. The summed E-state index contributed by atoms with van der Waals surface area (Å²) < 4.78 is 26.6. The Morgan fingerprint density at radius 2 is 2.05 bits per heavy atom. The van der Waals surface area contributed by atoms with Crippen molar-refractivity contribution in [1.29, 1.82) is 0 Å². The highest BCUT2D eigenvalue weighted by Gasteiger charge is 2.19. The summed E-state index contributed by atoms with van der Waals surface area (Å²) in [5, 5.41) is 10.9. The summed E-state index contributed by atoms with van der Waals surface area (Å²) in [5.74, 6) is -0.147. The lowest BCUT2D eigenvalue weighted by Gasteiger charge is -2.09. The predicted molar refractivity (Wildman–Crippen MR) is 77.3 cm³/mol. The summed E-state index contributed by atoms with van der Waals surface area (Å²) in [6.07, 6.45) is 1.37. The molecule has 0 aliphatic rings. The smallest absolute Gasteiger partial charge is 0.274 e. The number of nitrogens with zero attached hydrogens (tertiary/aromatic N) is 2. The molecule has 21 heavy (non-hydrogen) atoms. The summed E-state index contributed by atoms with van der Waals surface area (Å²) in [6, 6.07) is 6.78. The van der Waals surface area contributed by atoms with E-state index in [0.717, 1.165) is 6.07 Å². The molecule has 2 rings (SSSR count). The first-order chi connectivity index (χ1) is 9.81. The zero-order valence-corrected chi connectivity index (χ0v) is 11.8. The van der Waals surface area contributed by atoms with E-state index in [4.69, 9.17) is 5.73 Å². The Bertz CT molecular complexity index is 805. The number of nitrogens with one attached hydrogen (secondary N) is 1. The zero-order valence-electron chi connectivity index (χ0n) is 11.0. The van der Waals surface area contributed by atoms with Crippen LogP contribution in [0.5, 0.6) is 0 Å². The molecule has 0 radical (unpaired) electrons. The van der Waals surface area contributed by atoms with Crippen LogP contribution in [0, 0.1) is 17.0 Å². The van der Waals surface area contributed by atoms with Gasteiger partial charge in [-0.2, -0.15) is 0 Å². The molecule has 0 fully saturated rings. The Hall–Kier alpha value is -2.68. The van der Waals surface area contributed by atoms with Gasteiger partial charge < -0.3 is 5.73 Å². The number of benzene rings is 1. The summed E-state index contributed by atoms with van der Waals surface area (Å²) in [4.78, 5) is 13.8. The summed E-state index contributed by atoms with van der Waals surface area (Å²) >= 11 is 0. The lowest BCUT2D eigenvalue weighted by Crippen LogP contribution is -2.15. The number of hydrogen-bond donors (Lipinski definition) is 2. The first-order valence-corrected chi connectivity index (χ1v) is 7.28. The molecule has 0 atom stereocenters. The van der Waals surface area contributed by atoms with Crippen LogP contribution in [0.15, 0.2) is 41.4 Å². The van der Waals surface area contributed by atoms with Gasteiger partial charge in [-0.15, -0.1) is 0 Å². The van der Waals surface area contributed by atoms with Gasteiger partial charge in [0, 0.05) is 17.8 Å². The van der Waals surface area contributed by atoms with Crippen LogP contribution in [0.4, 0.5) is 17.2 Å². The molecule has 1 aromatic carbocycles. The molecule has 0 aliphatic carbocycles. The average Bonchev–Trinajstić information content (AvgIpc) is 2.40. The van der Waals surface area contributed by atoms with Crippen molar-refractivity contribution in [3.05, 3.63) is 52.2 Å². The molecule has 0 saturated heterocycles. The molecule has 0 bridgehead atoms. The minimum atomic E-state index is -3.96. The van der Waals surface area contributed by atoms with E-state index in [1.165, 1.54) is 30.5 Å². The van der Waals surface area contributed by atoms with E-state index >= 15 is 0 Å². The Balaban J connectivity index is 2.40. The molecule has 3 N–H and O–H groups in total. The van der Waals surface area contributed by atoms with Gasteiger partial charge in [-0.25, -0.2) is 13.4 Å². The average molecular weight is 308 g/mol. The molecule has 0 amide bonds. The largest absolute Gasteiger partial charge is 0.383 e. The van der Waals surface area contributed by atoms with Crippen LogP contribution >= 0.6 is 0 Å². The molecule has 8 nitrogen and oxygen atoms in total. The summed E-state index contributed by atoms with van der Waals surface area (Å²) in [7, 11) is -3.96. The van der Waals surface area contributed by atoms with Crippen LogP contribution in [0.2, 0.25) is 0 Å². The standard InChI is InChI=1S/C12H12N4O4S/c1-8-4-5-9(7-10(8)16(17)18)15-21(19,20)11-3-2-6-14-12(11)13/h2-7,15H,1H3,(H2,13,14). The van der Waals surface area contributed by atoms with Crippen LogP contribution in [-0.4, -0.2) is 18.3 Å². The highest BCUT2D eigenvalue weighted by Crippen LogP contribution is 2.25. The van der Waals surface area contributed by atoms with Crippen molar-refractivity contribution < 1.29 is 13.3 Å². The van der Waals surface area contributed by atoms with Gasteiger partial charge in [-0.05, 0) is 25.1 Å². The number of aromatic nitrogens is 1. The number of rotatable bonds is 4.